The topological polar surface area (TPSA) is 0 Å². The van der Waals surface area contributed by atoms with Gasteiger partial charge in [0, 0.05) is 4.70 Å². The van der Waals surface area contributed by atoms with Gasteiger partial charge in [0.15, 0.2) is 0 Å². The van der Waals surface area contributed by atoms with Gasteiger partial charge in [0.05, 0.1) is 0 Å². The Morgan fingerprint density at radius 2 is 1.18 bits per heavy atom. The number of hydrogen-bond acceptors (Lipinski definition) is 1. The van der Waals surface area contributed by atoms with Crippen LogP contribution in [-0.4, -0.2) is 0 Å². The predicted octanol–water partition coefficient (Wildman–Crippen LogP) is 6.60. The van der Waals surface area contributed by atoms with E-state index >= 15 is 0 Å². The van der Waals surface area contributed by atoms with E-state index in [1.807, 2.05) is 52.9 Å². The molecule has 0 spiro atoms. The summed E-state index contributed by atoms with van der Waals surface area (Å²) in [5.74, 6) is 0. The fourth-order valence-corrected chi connectivity index (χ4v) is 2.29. The molecule has 0 aliphatic heterocycles. The third-order valence-electron chi connectivity index (χ3n) is 2.03. The van der Waals surface area contributed by atoms with Crippen LogP contribution in [0.25, 0.3) is 10.1 Å². The fraction of sp³-hybridized carbons (Fsp3) is 0.500. The monoisotopic (exact) mass is 252 g/mol. The molecule has 0 aliphatic rings. The molecule has 0 bridgehead atoms. The number of thiophene rings is 1. The van der Waals surface area contributed by atoms with Crippen LogP contribution < -0.4 is 0 Å². The van der Waals surface area contributed by atoms with Crippen LogP contribution in [0, 0.1) is 13.8 Å². The molecule has 1 aromatic carbocycles. The summed E-state index contributed by atoms with van der Waals surface area (Å²) in [5.41, 5.74) is 2.77. The van der Waals surface area contributed by atoms with Crippen LogP contribution in [0.2, 0.25) is 0 Å². The maximum absolute atomic E-state index is 2.20. The Morgan fingerprint density at radius 1 is 0.706 bits per heavy atom. The molecule has 1 aromatic heterocycles. The van der Waals surface area contributed by atoms with E-state index in [2.05, 4.69) is 37.4 Å². The van der Waals surface area contributed by atoms with Crippen molar-refractivity contribution in [1.29, 1.82) is 0 Å². The van der Waals surface area contributed by atoms with Crippen LogP contribution in [0.3, 0.4) is 0 Å². The molecule has 98 valence electrons. The molecule has 2 rings (SSSR count). The number of fused-ring (bicyclic) bond motifs is 1. The zero-order valence-electron chi connectivity index (χ0n) is 12.7. The van der Waals surface area contributed by atoms with Crippen molar-refractivity contribution in [1.82, 2.24) is 0 Å². The van der Waals surface area contributed by atoms with E-state index in [9.17, 15) is 0 Å². The molecule has 1 heteroatoms. The van der Waals surface area contributed by atoms with Gasteiger partial charge in [-0.1, -0.05) is 53.7 Å². The molecule has 17 heavy (non-hydrogen) atoms. The number of hydrogen-bond donors (Lipinski definition) is 0. The van der Waals surface area contributed by atoms with Crippen molar-refractivity contribution in [2.75, 3.05) is 0 Å². The molecule has 0 radical (unpaired) electrons. The molecular weight excluding hydrogens is 224 g/mol. The number of aryl methyl sites for hydroxylation is 2. The van der Waals surface area contributed by atoms with E-state index in [4.69, 9.17) is 0 Å². The van der Waals surface area contributed by atoms with Crippen LogP contribution >= 0.6 is 11.3 Å². The standard InChI is InChI=1S/C10H10S.3C2H6/c1-7-3-4-8(2)10-9(7)5-6-11-10;3*1-2/h3-6H,1-2H3;3*1-2H3. The molecule has 2 aromatic rings. The first kappa shape index (κ1) is 18.5. The van der Waals surface area contributed by atoms with Crippen LogP contribution in [0.5, 0.6) is 0 Å². The molecule has 0 aliphatic carbocycles. The van der Waals surface area contributed by atoms with E-state index in [0.29, 0.717) is 0 Å². The van der Waals surface area contributed by atoms with Crippen molar-refractivity contribution in [3.63, 3.8) is 0 Å². The zero-order chi connectivity index (χ0) is 13.8. The maximum atomic E-state index is 2.20. The average molecular weight is 252 g/mol. The summed E-state index contributed by atoms with van der Waals surface area (Å²) in [6.07, 6.45) is 0. The second-order valence-corrected chi connectivity index (χ2v) is 3.78. The summed E-state index contributed by atoms with van der Waals surface area (Å²) >= 11 is 1.83. The summed E-state index contributed by atoms with van der Waals surface area (Å²) in [6, 6.07) is 6.57. The SMILES string of the molecule is CC.CC.CC.Cc1ccc(C)c2sccc12. The van der Waals surface area contributed by atoms with Gasteiger partial charge < -0.3 is 0 Å². The molecule has 0 nitrogen and oxygen atoms in total. The van der Waals surface area contributed by atoms with Gasteiger partial charge in [-0.05, 0) is 41.8 Å². The lowest BCUT2D eigenvalue weighted by Gasteiger charge is -1.97. The summed E-state index contributed by atoms with van der Waals surface area (Å²) in [5, 5.41) is 3.57. The van der Waals surface area contributed by atoms with Crippen LogP contribution in [0.15, 0.2) is 23.6 Å². The lowest BCUT2D eigenvalue weighted by Crippen LogP contribution is -1.75. The Hall–Kier alpha value is -0.820. The lowest BCUT2D eigenvalue weighted by molar-refractivity contribution is 1.48. The van der Waals surface area contributed by atoms with Crippen molar-refractivity contribution >= 4 is 21.4 Å². The zero-order valence-corrected chi connectivity index (χ0v) is 13.5. The van der Waals surface area contributed by atoms with E-state index in [0.717, 1.165) is 0 Å². The highest BCUT2D eigenvalue weighted by Gasteiger charge is 1.99. The Labute approximate surface area is 112 Å². The van der Waals surface area contributed by atoms with E-state index in [1.54, 1.807) is 0 Å². The summed E-state index contributed by atoms with van der Waals surface area (Å²) in [4.78, 5) is 0. The van der Waals surface area contributed by atoms with Crippen molar-refractivity contribution in [3.8, 4) is 0 Å². The molecule has 0 fully saturated rings. The van der Waals surface area contributed by atoms with Crippen molar-refractivity contribution in [2.24, 2.45) is 0 Å². The molecular formula is C16H28S. The quantitative estimate of drug-likeness (QED) is 0.495. The molecule has 0 amide bonds. The summed E-state index contributed by atoms with van der Waals surface area (Å²) in [6.45, 7) is 16.3. The van der Waals surface area contributed by atoms with Gasteiger partial charge in [0.2, 0.25) is 0 Å². The van der Waals surface area contributed by atoms with Gasteiger partial charge in [-0.2, -0.15) is 0 Å². The largest absolute Gasteiger partial charge is 0.144 e. The Morgan fingerprint density at radius 3 is 1.65 bits per heavy atom. The first-order valence-corrected chi connectivity index (χ1v) is 7.60. The van der Waals surface area contributed by atoms with Gasteiger partial charge >= 0.3 is 0 Å². The first-order chi connectivity index (χ1) is 8.29. The van der Waals surface area contributed by atoms with E-state index < -0.39 is 0 Å². The molecule has 0 saturated carbocycles. The number of rotatable bonds is 0. The molecule has 1 heterocycles. The van der Waals surface area contributed by atoms with Gasteiger partial charge in [0.1, 0.15) is 0 Å². The molecule has 0 unspecified atom stereocenters. The van der Waals surface area contributed by atoms with Gasteiger partial charge in [-0.15, -0.1) is 11.3 Å². The Balaban J connectivity index is 0. The van der Waals surface area contributed by atoms with E-state index in [-0.39, 0.29) is 0 Å². The predicted molar refractivity (Wildman–Crippen MR) is 85.3 cm³/mol. The summed E-state index contributed by atoms with van der Waals surface area (Å²) < 4.78 is 1.44. The van der Waals surface area contributed by atoms with E-state index in [1.165, 1.54) is 21.2 Å². The van der Waals surface area contributed by atoms with Crippen molar-refractivity contribution in [3.05, 3.63) is 34.7 Å². The molecule has 0 saturated heterocycles. The van der Waals surface area contributed by atoms with Crippen LogP contribution in [0.4, 0.5) is 0 Å². The average Bonchev–Trinajstić information content (AvgIpc) is 2.92. The highest BCUT2D eigenvalue weighted by molar-refractivity contribution is 7.17. The minimum atomic E-state index is 1.38. The van der Waals surface area contributed by atoms with Crippen molar-refractivity contribution in [2.45, 2.75) is 55.4 Å². The lowest BCUT2D eigenvalue weighted by atomic mass is 10.1. The fourth-order valence-electron chi connectivity index (χ4n) is 1.34. The van der Waals surface area contributed by atoms with Gasteiger partial charge in [0.25, 0.3) is 0 Å². The molecule has 0 atom stereocenters. The van der Waals surface area contributed by atoms with Crippen LogP contribution in [0.1, 0.15) is 52.7 Å². The third-order valence-corrected chi connectivity index (χ3v) is 3.08. The normalized spacial score (nSPS) is 8.00. The third kappa shape index (κ3) is 5.36. The smallest absolute Gasteiger partial charge is 0.0374 e. The second kappa shape index (κ2) is 11.7. The van der Waals surface area contributed by atoms with Gasteiger partial charge in [-0.3, -0.25) is 0 Å². The van der Waals surface area contributed by atoms with Crippen LogP contribution in [-0.2, 0) is 0 Å². The summed E-state index contributed by atoms with van der Waals surface area (Å²) in [7, 11) is 0. The number of benzene rings is 1. The Kier molecular flexibility index (Phi) is 12.7. The molecule has 0 N–H and O–H groups in total. The Bertz CT molecular complexity index is 349. The maximum Gasteiger partial charge on any atom is 0.0374 e. The highest BCUT2D eigenvalue weighted by Crippen LogP contribution is 2.26. The minimum Gasteiger partial charge on any atom is -0.144 e. The second-order valence-electron chi connectivity index (χ2n) is 2.86. The van der Waals surface area contributed by atoms with Gasteiger partial charge in [-0.25, -0.2) is 0 Å². The first-order valence-electron chi connectivity index (χ1n) is 6.72. The highest BCUT2D eigenvalue weighted by atomic mass is 32.1. The minimum absolute atomic E-state index is 1.38. The van der Waals surface area contributed by atoms with Crippen molar-refractivity contribution < 1.29 is 0 Å².